The number of hydrogen-bond donors (Lipinski definition) is 1. The minimum absolute atomic E-state index is 0.0652. The molecule has 1 atom stereocenters. The van der Waals surface area contributed by atoms with Gasteiger partial charge in [0.05, 0.1) is 34.0 Å². The highest BCUT2D eigenvalue weighted by atomic mass is 35.5. The van der Waals surface area contributed by atoms with Crippen molar-refractivity contribution < 1.29 is 9.13 Å². The number of nitrogens with zero attached hydrogens (tertiary/aromatic N) is 6. The fraction of sp³-hybridized carbons (Fsp3) is 0.300. The third kappa shape index (κ3) is 3.06. The molecular formula is C20H19ClFN7O. The lowest BCUT2D eigenvalue weighted by atomic mass is 10.2. The van der Waals surface area contributed by atoms with Crippen molar-refractivity contribution in [2.75, 3.05) is 11.9 Å². The van der Waals surface area contributed by atoms with Crippen LogP contribution in [0, 0.1) is 20.8 Å². The quantitative estimate of drug-likeness (QED) is 0.493. The van der Waals surface area contributed by atoms with Gasteiger partial charge in [0.15, 0.2) is 6.17 Å². The summed E-state index contributed by atoms with van der Waals surface area (Å²) in [6.45, 7) is 5.66. The van der Waals surface area contributed by atoms with E-state index in [1.165, 1.54) is 0 Å². The van der Waals surface area contributed by atoms with Gasteiger partial charge in [0.2, 0.25) is 5.95 Å². The number of aryl methyl sites for hydroxylation is 2. The van der Waals surface area contributed by atoms with Gasteiger partial charge in [-0.1, -0.05) is 11.6 Å². The largest absolute Gasteiger partial charge is 0.472 e. The normalized spacial score (nSPS) is 16.1. The zero-order chi connectivity index (χ0) is 21.0. The van der Waals surface area contributed by atoms with Crippen molar-refractivity contribution in [3.8, 4) is 11.6 Å². The number of aromatic nitrogens is 6. The Balaban J connectivity index is 1.66. The average Bonchev–Trinajstić information content (AvgIpc) is 3.17. The number of anilines is 2. The molecule has 0 fully saturated rings. The topological polar surface area (TPSA) is 82.7 Å². The van der Waals surface area contributed by atoms with Gasteiger partial charge in [-0.3, -0.25) is 4.98 Å². The Morgan fingerprint density at radius 1 is 1.23 bits per heavy atom. The Hall–Kier alpha value is -3.20. The highest BCUT2D eigenvalue weighted by Crippen LogP contribution is 2.34. The highest BCUT2D eigenvalue weighted by molar-refractivity contribution is 6.35. The van der Waals surface area contributed by atoms with Gasteiger partial charge in [0.1, 0.15) is 17.9 Å². The average molecular weight is 428 g/mol. The van der Waals surface area contributed by atoms with E-state index in [4.69, 9.17) is 16.3 Å². The van der Waals surface area contributed by atoms with Crippen LogP contribution in [0.15, 0.2) is 24.5 Å². The molecular weight excluding hydrogens is 409 g/mol. The third-order valence-electron chi connectivity index (χ3n) is 5.11. The summed E-state index contributed by atoms with van der Waals surface area (Å²) in [6, 6.07) is 3.87. The zero-order valence-electron chi connectivity index (χ0n) is 16.6. The maximum Gasteiger partial charge on any atom is 0.257 e. The van der Waals surface area contributed by atoms with Gasteiger partial charge in [0.25, 0.3) is 5.88 Å². The summed E-state index contributed by atoms with van der Waals surface area (Å²) in [5.41, 5.74) is 4.47. The molecule has 1 aliphatic heterocycles. The van der Waals surface area contributed by atoms with Gasteiger partial charge in [-0.15, -0.1) is 5.10 Å². The second-order valence-electron chi connectivity index (χ2n) is 7.33. The first kappa shape index (κ1) is 18.8. The van der Waals surface area contributed by atoms with Gasteiger partial charge in [0, 0.05) is 18.1 Å². The molecule has 2 bridgehead atoms. The SMILES string of the molecule is Cc1ccc(-n2nc3c(c2C)Nc2ncc4c(Cl)cn(c4n2)CC(F)CO3)c(C)n1. The molecule has 8 nitrogen and oxygen atoms in total. The first-order valence-corrected chi connectivity index (χ1v) is 9.88. The van der Waals surface area contributed by atoms with Crippen molar-refractivity contribution in [2.24, 2.45) is 0 Å². The van der Waals surface area contributed by atoms with Crippen molar-refractivity contribution in [3.05, 3.63) is 46.6 Å². The molecule has 5 heterocycles. The summed E-state index contributed by atoms with van der Waals surface area (Å²) in [5, 5.41) is 8.91. The minimum atomic E-state index is -1.27. The van der Waals surface area contributed by atoms with E-state index in [9.17, 15) is 4.39 Å². The molecule has 0 saturated heterocycles. The van der Waals surface area contributed by atoms with Gasteiger partial charge in [-0.05, 0) is 32.9 Å². The number of pyridine rings is 1. The van der Waals surface area contributed by atoms with Crippen LogP contribution in [0.2, 0.25) is 5.02 Å². The molecule has 1 N–H and O–H groups in total. The summed E-state index contributed by atoms with van der Waals surface area (Å²) >= 11 is 6.26. The minimum Gasteiger partial charge on any atom is -0.472 e. The number of hydrogen-bond acceptors (Lipinski definition) is 6. The monoisotopic (exact) mass is 427 g/mol. The van der Waals surface area contributed by atoms with Crippen LogP contribution in [0.25, 0.3) is 16.7 Å². The summed E-state index contributed by atoms with van der Waals surface area (Å²) < 4.78 is 23.9. The van der Waals surface area contributed by atoms with Gasteiger partial charge in [-0.25, -0.2) is 14.1 Å². The van der Waals surface area contributed by atoms with E-state index in [-0.39, 0.29) is 19.0 Å². The summed E-state index contributed by atoms with van der Waals surface area (Å²) in [4.78, 5) is 13.4. The van der Waals surface area contributed by atoms with Crippen LogP contribution < -0.4 is 10.1 Å². The fourth-order valence-corrected chi connectivity index (χ4v) is 3.88. The molecule has 10 heteroatoms. The number of alkyl halides is 1. The van der Waals surface area contributed by atoms with Gasteiger partial charge in [-0.2, -0.15) is 4.98 Å². The van der Waals surface area contributed by atoms with Crippen LogP contribution in [0.4, 0.5) is 16.0 Å². The molecule has 0 radical (unpaired) electrons. The first-order valence-electron chi connectivity index (χ1n) is 9.50. The smallest absolute Gasteiger partial charge is 0.257 e. The molecule has 0 saturated carbocycles. The van der Waals surface area contributed by atoms with E-state index in [2.05, 4.69) is 25.4 Å². The molecule has 5 rings (SSSR count). The molecule has 0 spiro atoms. The molecule has 1 aliphatic rings. The van der Waals surface area contributed by atoms with E-state index in [0.717, 1.165) is 22.8 Å². The van der Waals surface area contributed by atoms with Crippen LogP contribution in [-0.4, -0.2) is 42.1 Å². The molecule has 1 unspecified atom stereocenters. The summed E-state index contributed by atoms with van der Waals surface area (Å²) in [5.74, 6) is 0.630. The predicted octanol–water partition coefficient (Wildman–Crippen LogP) is 4.06. The number of halogens is 2. The molecule has 4 aromatic heterocycles. The molecule has 0 aromatic carbocycles. The van der Waals surface area contributed by atoms with Crippen molar-refractivity contribution >= 4 is 34.3 Å². The van der Waals surface area contributed by atoms with Crippen LogP contribution in [-0.2, 0) is 6.54 Å². The number of ether oxygens (including phenoxy) is 1. The summed E-state index contributed by atoms with van der Waals surface area (Å²) in [6.07, 6.45) is 2.02. The number of nitrogens with one attached hydrogen (secondary N) is 1. The standard InChI is InChI=1S/C20H19ClFN7O/c1-10-4-5-16(11(2)24-10)29-12(3)17-19(27-29)30-9-13(22)7-28-8-15(21)14-6-23-20(25-17)26-18(14)28/h4-6,8,13H,7,9H2,1-3H3,(H,23,25,26). The Bertz CT molecular complexity index is 1280. The van der Waals surface area contributed by atoms with Gasteiger partial charge < -0.3 is 14.6 Å². The second kappa shape index (κ2) is 6.94. The lowest BCUT2D eigenvalue weighted by Gasteiger charge is -2.10. The summed E-state index contributed by atoms with van der Waals surface area (Å²) in [7, 11) is 0. The molecule has 4 aromatic rings. The fourth-order valence-electron chi connectivity index (χ4n) is 3.63. The second-order valence-corrected chi connectivity index (χ2v) is 7.74. The molecule has 0 aliphatic carbocycles. The lowest BCUT2D eigenvalue weighted by Crippen LogP contribution is -2.19. The molecule has 0 amide bonds. The zero-order valence-corrected chi connectivity index (χ0v) is 17.4. The van der Waals surface area contributed by atoms with E-state index >= 15 is 0 Å². The Morgan fingerprint density at radius 2 is 2.07 bits per heavy atom. The number of rotatable bonds is 1. The highest BCUT2D eigenvalue weighted by Gasteiger charge is 2.23. The van der Waals surface area contributed by atoms with Crippen LogP contribution in [0.3, 0.4) is 0 Å². The van der Waals surface area contributed by atoms with Crippen molar-refractivity contribution in [1.29, 1.82) is 0 Å². The van der Waals surface area contributed by atoms with Crippen molar-refractivity contribution in [1.82, 2.24) is 29.3 Å². The maximum atomic E-state index is 14.7. The van der Waals surface area contributed by atoms with Crippen molar-refractivity contribution in [2.45, 2.75) is 33.5 Å². The van der Waals surface area contributed by atoms with Crippen LogP contribution in [0.5, 0.6) is 5.88 Å². The Morgan fingerprint density at radius 3 is 2.87 bits per heavy atom. The maximum absolute atomic E-state index is 14.7. The predicted molar refractivity (Wildman–Crippen MR) is 112 cm³/mol. The molecule has 30 heavy (non-hydrogen) atoms. The van der Waals surface area contributed by atoms with E-state index in [1.807, 2.05) is 32.9 Å². The van der Waals surface area contributed by atoms with E-state index in [0.29, 0.717) is 27.7 Å². The third-order valence-corrected chi connectivity index (χ3v) is 5.41. The Labute approximate surface area is 176 Å². The lowest BCUT2D eigenvalue weighted by molar-refractivity contribution is 0.175. The van der Waals surface area contributed by atoms with Crippen molar-refractivity contribution in [3.63, 3.8) is 0 Å². The van der Waals surface area contributed by atoms with Gasteiger partial charge >= 0.3 is 0 Å². The van der Waals surface area contributed by atoms with Crippen LogP contribution in [0.1, 0.15) is 17.1 Å². The molecule has 154 valence electrons. The number of fused-ring (bicyclic) bond motifs is 2. The van der Waals surface area contributed by atoms with E-state index in [1.54, 1.807) is 21.6 Å². The first-order chi connectivity index (χ1) is 14.4. The Kier molecular flexibility index (Phi) is 4.35. The van der Waals surface area contributed by atoms with Crippen LogP contribution >= 0.6 is 11.6 Å². The van der Waals surface area contributed by atoms with E-state index < -0.39 is 6.17 Å².